The van der Waals surface area contributed by atoms with Crippen molar-refractivity contribution in [2.45, 2.75) is 16.6 Å². The van der Waals surface area contributed by atoms with Gasteiger partial charge < -0.3 is 5.11 Å². The van der Waals surface area contributed by atoms with Gasteiger partial charge in [0.1, 0.15) is 0 Å². The van der Waals surface area contributed by atoms with Gasteiger partial charge >= 0.3 is 6.18 Å². The van der Waals surface area contributed by atoms with Crippen LogP contribution in [0.25, 0.3) is 0 Å². The van der Waals surface area contributed by atoms with Crippen molar-refractivity contribution in [2.75, 3.05) is 0 Å². The minimum Gasteiger partial charge on any atom is -0.482 e. The fourth-order valence-corrected chi connectivity index (χ4v) is 1.37. The Labute approximate surface area is 113 Å². The predicted molar refractivity (Wildman–Crippen MR) is 66.5 cm³/mol. The van der Waals surface area contributed by atoms with Crippen LogP contribution in [0, 0.1) is 0 Å². The molecule has 0 fully saturated rings. The standard InChI is InChI=1S/C10H5B4F3O2/c11-8(12,9(13,14)7(18)19)5-2-1-3-6(4-5)10(15,16)17/h1-4H,(H,18,19). The topological polar surface area (TPSA) is 37.3 Å². The van der Waals surface area contributed by atoms with E-state index in [2.05, 4.69) is 0 Å². The van der Waals surface area contributed by atoms with Crippen molar-refractivity contribution in [1.82, 2.24) is 0 Å². The molecule has 1 rings (SSSR count). The SMILES string of the molecule is [B]C([B])(C(=O)O)C([B])([B])c1cccc(C(F)(F)F)c1. The second-order valence-electron chi connectivity index (χ2n) is 4.12. The summed E-state index contributed by atoms with van der Waals surface area (Å²) in [5, 5.41) is 3.83. The number of carbonyl (C=O) groups is 1. The third-order valence-corrected chi connectivity index (χ3v) is 2.71. The van der Waals surface area contributed by atoms with Crippen molar-refractivity contribution in [1.29, 1.82) is 0 Å². The summed E-state index contributed by atoms with van der Waals surface area (Å²) in [6.07, 6.45) is -4.62. The summed E-state index contributed by atoms with van der Waals surface area (Å²) in [7, 11) is 21.6. The van der Waals surface area contributed by atoms with Gasteiger partial charge in [-0.3, -0.25) is 4.79 Å². The van der Waals surface area contributed by atoms with Gasteiger partial charge in [0.05, 0.1) is 36.9 Å². The second-order valence-corrected chi connectivity index (χ2v) is 4.12. The van der Waals surface area contributed by atoms with Gasteiger partial charge in [-0.1, -0.05) is 29.0 Å². The van der Waals surface area contributed by atoms with E-state index >= 15 is 0 Å². The Hall–Kier alpha value is -1.26. The van der Waals surface area contributed by atoms with Crippen molar-refractivity contribution < 1.29 is 23.1 Å². The van der Waals surface area contributed by atoms with E-state index in [0.29, 0.717) is 6.07 Å². The minimum atomic E-state index is -4.62. The fourth-order valence-electron chi connectivity index (χ4n) is 1.37. The van der Waals surface area contributed by atoms with Crippen LogP contribution in [-0.4, -0.2) is 42.5 Å². The Morgan fingerprint density at radius 2 is 1.53 bits per heavy atom. The minimum absolute atomic E-state index is 0.338. The molecule has 19 heavy (non-hydrogen) atoms. The third-order valence-electron chi connectivity index (χ3n) is 2.71. The molecule has 0 bridgehead atoms. The van der Waals surface area contributed by atoms with Gasteiger partial charge in [0, 0.05) is 0 Å². The maximum absolute atomic E-state index is 12.6. The Balaban J connectivity index is 3.34. The number of carboxylic acids is 1. The molecule has 2 nitrogen and oxygen atoms in total. The summed E-state index contributed by atoms with van der Waals surface area (Å²) < 4.78 is 37.7. The summed E-state index contributed by atoms with van der Waals surface area (Å²) in [4.78, 5) is 10.9. The van der Waals surface area contributed by atoms with Gasteiger partial charge in [0.2, 0.25) is 0 Å². The summed E-state index contributed by atoms with van der Waals surface area (Å²) in [6.45, 7) is 0. The van der Waals surface area contributed by atoms with Crippen LogP contribution >= 0.6 is 0 Å². The van der Waals surface area contributed by atoms with Gasteiger partial charge in [-0.25, -0.2) is 0 Å². The highest BCUT2D eigenvalue weighted by atomic mass is 19.4. The van der Waals surface area contributed by atoms with Crippen LogP contribution < -0.4 is 0 Å². The normalized spacial score (nSPS) is 13.2. The number of hydrogen-bond acceptors (Lipinski definition) is 1. The summed E-state index contributed by atoms with van der Waals surface area (Å²) in [6, 6.07) is 3.55. The quantitative estimate of drug-likeness (QED) is 0.811. The lowest BCUT2D eigenvalue weighted by Gasteiger charge is -2.41. The van der Waals surface area contributed by atoms with E-state index < -0.39 is 28.1 Å². The maximum atomic E-state index is 12.6. The summed E-state index contributed by atoms with van der Waals surface area (Å²) in [5.74, 6) is -1.74. The molecule has 0 aliphatic rings. The lowest BCUT2D eigenvalue weighted by molar-refractivity contribution is -0.138. The molecule has 0 atom stereocenters. The number of benzene rings is 1. The number of halogens is 3. The van der Waals surface area contributed by atoms with E-state index in [1.165, 1.54) is 0 Å². The molecule has 0 saturated carbocycles. The number of hydrogen-bond donors (Lipinski definition) is 1. The lowest BCUT2D eigenvalue weighted by atomic mass is 9.28. The Morgan fingerprint density at radius 1 is 1.05 bits per heavy atom. The molecule has 0 spiro atoms. The molecule has 1 aromatic rings. The average molecular weight is 257 g/mol. The van der Waals surface area contributed by atoms with Crippen LogP contribution in [-0.2, 0) is 16.2 Å². The molecule has 8 radical (unpaired) electrons. The molecule has 1 N–H and O–H groups in total. The largest absolute Gasteiger partial charge is 0.482 e. The molecule has 0 amide bonds. The van der Waals surface area contributed by atoms with E-state index in [4.69, 9.17) is 36.5 Å². The third kappa shape index (κ3) is 2.85. The Kier molecular flexibility index (Phi) is 3.90. The monoisotopic (exact) mass is 258 g/mol. The highest BCUT2D eigenvalue weighted by molar-refractivity contribution is 6.60. The molecular formula is C10H5B4F3O2. The second kappa shape index (κ2) is 4.69. The van der Waals surface area contributed by atoms with Crippen molar-refractivity contribution in [2.24, 2.45) is 0 Å². The first-order chi connectivity index (χ1) is 8.40. The van der Waals surface area contributed by atoms with Crippen molar-refractivity contribution in [3.05, 3.63) is 35.4 Å². The zero-order valence-electron chi connectivity index (χ0n) is 9.61. The first-order valence-electron chi connectivity index (χ1n) is 4.97. The van der Waals surface area contributed by atoms with E-state index in [1.807, 2.05) is 0 Å². The predicted octanol–water partition coefficient (Wildman–Crippen LogP) is 0.733. The van der Waals surface area contributed by atoms with Gasteiger partial charge in [-0.15, -0.1) is 0 Å². The Morgan fingerprint density at radius 3 is 1.95 bits per heavy atom. The van der Waals surface area contributed by atoms with Gasteiger partial charge in [0.25, 0.3) is 5.97 Å². The van der Waals surface area contributed by atoms with Gasteiger partial charge in [0.15, 0.2) is 0 Å². The molecule has 0 saturated heterocycles. The van der Waals surface area contributed by atoms with Gasteiger partial charge in [-0.2, -0.15) is 13.2 Å². The van der Waals surface area contributed by atoms with Crippen LogP contribution in [0.15, 0.2) is 24.3 Å². The highest BCUT2D eigenvalue weighted by Crippen LogP contribution is 2.40. The van der Waals surface area contributed by atoms with E-state index in [-0.39, 0.29) is 5.56 Å². The number of alkyl halides is 3. The van der Waals surface area contributed by atoms with Crippen LogP contribution in [0.4, 0.5) is 13.2 Å². The van der Waals surface area contributed by atoms with Crippen LogP contribution in [0.1, 0.15) is 11.1 Å². The zero-order valence-corrected chi connectivity index (χ0v) is 9.61. The van der Waals surface area contributed by atoms with E-state index in [1.54, 1.807) is 0 Å². The molecule has 0 aromatic heterocycles. The molecular weight excluding hydrogens is 252 g/mol. The fraction of sp³-hybridized carbons (Fsp3) is 0.300. The molecule has 0 heterocycles. The smallest absolute Gasteiger partial charge is 0.416 e. The molecule has 0 unspecified atom stereocenters. The van der Waals surface area contributed by atoms with Crippen molar-refractivity contribution in [3.8, 4) is 0 Å². The highest BCUT2D eigenvalue weighted by Gasteiger charge is 2.42. The molecule has 9 heteroatoms. The summed E-state index contributed by atoms with van der Waals surface area (Å²) >= 11 is 0. The number of rotatable bonds is 3. The first kappa shape index (κ1) is 15.8. The van der Waals surface area contributed by atoms with Crippen molar-refractivity contribution in [3.63, 3.8) is 0 Å². The Bertz CT molecular complexity index is 500. The first-order valence-corrected chi connectivity index (χ1v) is 4.97. The number of aliphatic carboxylic acids is 1. The maximum Gasteiger partial charge on any atom is 0.416 e. The van der Waals surface area contributed by atoms with Crippen LogP contribution in [0.2, 0.25) is 5.21 Å². The van der Waals surface area contributed by atoms with Gasteiger partial charge in [-0.05, 0) is 11.3 Å². The summed E-state index contributed by atoms with van der Waals surface area (Å²) in [5.41, 5.74) is -1.37. The molecule has 0 aliphatic carbocycles. The average Bonchev–Trinajstić information content (AvgIpc) is 2.27. The number of carboxylic acid groups (broad SMARTS) is 1. The zero-order chi connectivity index (χ0) is 15.1. The van der Waals surface area contributed by atoms with Crippen LogP contribution in [0.3, 0.4) is 0 Å². The molecule has 1 aromatic carbocycles. The molecule has 0 aliphatic heterocycles. The molecule has 90 valence electrons. The van der Waals surface area contributed by atoms with E-state index in [9.17, 15) is 18.0 Å². The van der Waals surface area contributed by atoms with Crippen LogP contribution in [0.5, 0.6) is 0 Å². The van der Waals surface area contributed by atoms with E-state index in [0.717, 1.165) is 18.2 Å². The lowest BCUT2D eigenvalue weighted by Crippen LogP contribution is -2.47. The van der Waals surface area contributed by atoms with Crippen molar-refractivity contribution >= 4 is 37.4 Å².